The summed E-state index contributed by atoms with van der Waals surface area (Å²) in [5.41, 5.74) is 2.37. The first-order chi connectivity index (χ1) is 12.7. The van der Waals surface area contributed by atoms with Gasteiger partial charge in [0.05, 0.1) is 0 Å². The Morgan fingerprint density at radius 3 is 2.65 bits per heavy atom. The quantitative estimate of drug-likeness (QED) is 0.765. The van der Waals surface area contributed by atoms with Crippen LogP contribution in [-0.4, -0.2) is 23.9 Å². The SMILES string of the molecule is CC(C)CCCc1ccc(Oc2ccc(C3=NCCCCN3)cn2)cc1. The second-order valence-corrected chi connectivity index (χ2v) is 7.28. The smallest absolute Gasteiger partial charge is 0.219 e. The highest BCUT2D eigenvalue weighted by Gasteiger charge is 2.07. The van der Waals surface area contributed by atoms with Gasteiger partial charge in [0, 0.05) is 30.9 Å². The van der Waals surface area contributed by atoms with E-state index in [1.165, 1.54) is 18.4 Å². The molecule has 2 aromatic rings. The molecule has 0 saturated carbocycles. The topological polar surface area (TPSA) is 46.5 Å². The van der Waals surface area contributed by atoms with Gasteiger partial charge in [-0.15, -0.1) is 0 Å². The van der Waals surface area contributed by atoms with E-state index in [0.717, 1.165) is 55.4 Å². The second kappa shape index (κ2) is 9.37. The van der Waals surface area contributed by atoms with Crippen LogP contribution in [0.2, 0.25) is 0 Å². The fourth-order valence-corrected chi connectivity index (χ4v) is 3.02. The Balaban J connectivity index is 1.56. The van der Waals surface area contributed by atoms with Crippen LogP contribution in [0.3, 0.4) is 0 Å². The summed E-state index contributed by atoms with van der Waals surface area (Å²) in [4.78, 5) is 9.00. The van der Waals surface area contributed by atoms with Gasteiger partial charge in [0.1, 0.15) is 11.6 Å². The van der Waals surface area contributed by atoms with E-state index in [-0.39, 0.29) is 0 Å². The Morgan fingerprint density at radius 2 is 1.92 bits per heavy atom. The zero-order valence-corrected chi connectivity index (χ0v) is 15.9. The van der Waals surface area contributed by atoms with E-state index in [0.29, 0.717) is 5.88 Å². The summed E-state index contributed by atoms with van der Waals surface area (Å²) in [6.45, 7) is 6.39. The van der Waals surface area contributed by atoms with Crippen LogP contribution in [0, 0.1) is 5.92 Å². The molecule has 138 valence electrons. The molecule has 0 fully saturated rings. The summed E-state index contributed by atoms with van der Waals surface area (Å²) in [7, 11) is 0. The number of nitrogens with one attached hydrogen (secondary N) is 1. The Hall–Kier alpha value is -2.36. The minimum atomic E-state index is 0.607. The molecular formula is C22H29N3O. The zero-order chi connectivity index (χ0) is 18.2. The maximum Gasteiger partial charge on any atom is 0.219 e. The van der Waals surface area contributed by atoms with Gasteiger partial charge in [-0.2, -0.15) is 0 Å². The van der Waals surface area contributed by atoms with Crippen LogP contribution in [0.15, 0.2) is 47.6 Å². The number of aryl methyl sites for hydroxylation is 1. The van der Waals surface area contributed by atoms with Crippen molar-refractivity contribution in [3.05, 3.63) is 53.7 Å². The number of hydrogen-bond acceptors (Lipinski definition) is 4. The summed E-state index contributed by atoms with van der Waals surface area (Å²) in [6, 6.07) is 12.3. The molecule has 0 radical (unpaired) electrons. The third-order valence-corrected chi connectivity index (χ3v) is 4.55. The number of pyridine rings is 1. The van der Waals surface area contributed by atoms with Crippen LogP contribution in [0.5, 0.6) is 11.6 Å². The molecule has 3 rings (SSSR count). The number of ether oxygens (including phenoxy) is 1. The third kappa shape index (κ3) is 5.58. The molecule has 0 bridgehead atoms. The first kappa shape index (κ1) is 18.4. The number of benzene rings is 1. The van der Waals surface area contributed by atoms with Crippen molar-refractivity contribution in [3.8, 4) is 11.6 Å². The molecule has 1 aromatic carbocycles. The van der Waals surface area contributed by atoms with Crippen molar-refractivity contribution in [2.45, 2.75) is 46.0 Å². The van der Waals surface area contributed by atoms with Crippen LogP contribution < -0.4 is 10.1 Å². The standard InChI is InChI=1S/C22H29N3O/c1-17(2)6-5-7-18-8-11-20(12-9-18)26-21-13-10-19(16-25-21)22-23-14-3-4-15-24-22/h8-13,16-17H,3-7,14-15H2,1-2H3,(H,23,24). The van der Waals surface area contributed by atoms with E-state index >= 15 is 0 Å². The van der Waals surface area contributed by atoms with Gasteiger partial charge in [-0.25, -0.2) is 4.98 Å². The molecule has 2 heterocycles. The van der Waals surface area contributed by atoms with Crippen molar-refractivity contribution >= 4 is 5.84 Å². The highest BCUT2D eigenvalue weighted by molar-refractivity contribution is 5.98. The Morgan fingerprint density at radius 1 is 1.08 bits per heavy atom. The fraction of sp³-hybridized carbons (Fsp3) is 0.455. The van der Waals surface area contributed by atoms with E-state index in [1.54, 1.807) is 0 Å². The maximum absolute atomic E-state index is 5.87. The van der Waals surface area contributed by atoms with Crippen molar-refractivity contribution < 1.29 is 4.74 Å². The van der Waals surface area contributed by atoms with Gasteiger partial charge in [0.15, 0.2) is 0 Å². The minimum Gasteiger partial charge on any atom is -0.439 e. The molecule has 0 aliphatic carbocycles. The fourth-order valence-electron chi connectivity index (χ4n) is 3.02. The van der Waals surface area contributed by atoms with Crippen molar-refractivity contribution in [3.63, 3.8) is 0 Å². The summed E-state index contributed by atoms with van der Waals surface area (Å²) in [5, 5.41) is 3.37. The van der Waals surface area contributed by atoms with Crippen molar-refractivity contribution in [1.29, 1.82) is 0 Å². The zero-order valence-electron chi connectivity index (χ0n) is 15.9. The molecule has 0 saturated heterocycles. The van der Waals surface area contributed by atoms with Crippen LogP contribution in [0.25, 0.3) is 0 Å². The van der Waals surface area contributed by atoms with Gasteiger partial charge in [-0.05, 0) is 55.4 Å². The van der Waals surface area contributed by atoms with Crippen LogP contribution in [0.1, 0.15) is 50.7 Å². The summed E-state index contributed by atoms with van der Waals surface area (Å²) in [5.74, 6) is 3.14. The van der Waals surface area contributed by atoms with E-state index in [1.807, 2.05) is 30.5 Å². The van der Waals surface area contributed by atoms with E-state index in [9.17, 15) is 0 Å². The molecule has 1 aromatic heterocycles. The number of aromatic nitrogens is 1. The Bertz CT molecular complexity index is 705. The van der Waals surface area contributed by atoms with Gasteiger partial charge in [0.25, 0.3) is 0 Å². The Kier molecular flexibility index (Phi) is 6.64. The second-order valence-electron chi connectivity index (χ2n) is 7.28. The van der Waals surface area contributed by atoms with Crippen LogP contribution in [-0.2, 0) is 6.42 Å². The molecule has 0 unspecified atom stereocenters. The molecule has 4 heteroatoms. The molecule has 4 nitrogen and oxygen atoms in total. The van der Waals surface area contributed by atoms with Gasteiger partial charge >= 0.3 is 0 Å². The summed E-state index contributed by atoms with van der Waals surface area (Å²) < 4.78 is 5.87. The van der Waals surface area contributed by atoms with Crippen LogP contribution in [0.4, 0.5) is 0 Å². The number of amidine groups is 1. The lowest BCUT2D eigenvalue weighted by Gasteiger charge is -2.09. The molecule has 0 spiro atoms. The van der Waals surface area contributed by atoms with Crippen molar-refractivity contribution in [1.82, 2.24) is 10.3 Å². The largest absolute Gasteiger partial charge is 0.439 e. The molecule has 0 atom stereocenters. The third-order valence-electron chi connectivity index (χ3n) is 4.55. The monoisotopic (exact) mass is 351 g/mol. The molecule has 26 heavy (non-hydrogen) atoms. The van der Waals surface area contributed by atoms with Gasteiger partial charge in [0.2, 0.25) is 5.88 Å². The van der Waals surface area contributed by atoms with Gasteiger partial charge < -0.3 is 10.1 Å². The van der Waals surface area contributed by atoms with E-state index in [4.69, 9.17) is 4.74 Å². The van der Waals surface area contributed by atoms with Crippen LogP contribution >= 0.6 is 0 Å². The van der Waals surface area contributed by atoms with Gasteiger partial charge in [-0.1, -0.05) is 32.4 Å². The number of rotatable bonds is 7. The number of nitrogens with zero attached hydrogens (tertiary/aromatic N) is 2. The van der Waals surface area contributed by atoms with Crippen molar-refractivity contribution in [2.75, 3.05) is 13.1 Å². The number of aliphatic imine (C=N–C) groups is 1. The molecule has 1 aliphatic heterocycles. The minimum absolute atomic E-state index is 0.607. The lowest BCUT2D eigenvalue weighted by molar-refractivity contribution is 0.462. The lowest BCUT2D eigenvalue weighted by Crippen LogP contribution is -2.24. The number of hydrogen-bond donors (Lipinski definition) is 1. The molecular weight excluding hydrogens is 322 g/mol. The van der Waals surface area contributed by atoms with E-state index in [2.05, 4.69) is 41.3 Å². The molecule has 1 aliphatic rings. The normalized spacial score (nSPS) is 14.5. The average molecular weight is 351 g/mol. The maximum atomic E-state index is 5.87. The van der Waals surface area contributed by atoms with Crippen molar-refractivity contribution in [2.24, 2.45) is 10.9 Å². The lowest BCUT2D eigenvalue weighted by atomic mass is 10.0. The molecule has 1 N–H and O–H groups in total. The summed E-state index contributed by atoms with van der Waals surface area (Å²) >= 11 is 0. The average Bonchev–Trinajstić information content (AvgIpc) is 2.93. The highest BCUT2D eigenvalue weighted by Crippen LogP contribution is 2.21. The molecule has 0 amide bonds. The Labute approximate surface area is 156 Å². The highest BCUT2D eigenvalue weighted by atomic mass is 16.5. The summed E-state index contributed by atoms with van der Waals surface area (Å²) in [6.07, 6.45) is 7.76. The first-order valence-electron chi connectivity index (χ1n) is 9.72. The predicted molar refractivity (Wildman–Crippen MR) is 107 cm³/mol. The first-order valence-corrected chi connectivity index (χ1v) is 9.72. The predicted octanol–water partition coefficient (Wildman–Crippen LogP) is 4.98. The van der Waals surface area contributed by atoms with Gasteiger partial charge in [-0.3, -0.25) is 4.99 Å². The van der Waals surface area contributed by atoms with E-state index < -0.39 is 0 Å².